The summed E-state index contributed by atoms with van der Waals surface area (Å²) >= 11 is 1.68. The number of allylic oxidation sites excluding steroid dienone is 2. The third-order valence-electron chi connectivity index (χ3n) is 5.67. The van der Waals surface area contributed by atoms with Crippen molar-refractivity contribution in [2.45, 2.75) is 33.2 Å². The molecule has 3 heterocycles. The molecular weight excluding hydrogens is 360 g/mol. The predicted octanol–water partition coefficient (Wildman–Crippen LogP) is 3.35. The van der Waals surface area contributed by atoms with E-state index in [1.165, 1.54) is 9.78 Å². The number of likely N-dealkylation sites (tertiary alicyclic amines) is 1. The zero-order valence-electron chi connectivity index (χ0n) is 15.5. The van der Waals surface area contributed by atoms with E-state index in [9.17, 15) is 14.4 Å². The fourth-order valence-corrected chi connectivity index (χ4v) is 4.83. The van der Waals surface area contributed by atoms with Crippen molar-refractivity contribution in [3.05, 3.63) is 57.6 Å². The molecule has 2 aromatic rings. The average molecular weight is 382 g/mol. The second kappa shape index (κ2) is 6.93. The molecular formula is C21H22N2O3S. The Morgan fingerprint density at radius 1 is 1.15 bits per heavy atom. The normalized spacial score (nSPS) is 21.8. The van der Waals surface area contributed by atoms with Gasteiger partial charge in [0.25, 0.3) is 0 Å². The molecule has 5 nitrogen and oxygen atoms in total. The molecule has 4 rings (SSSR count). The summed E-state index contributed by atoms with van der Waals surface area (Å²) in [7, 11) is 0. The molecule has 2 aromatic heterocycles. The molecule has 1 fully saturated rings. The minimum absolute atomic E-state index is 0.159. The van der Waals surface area contributed by atoms with Gasteiger partial charge in [-0.15, -0.1) is 11.3 Å². The summed E-state index contributed by atoms with van der Waals surface area (Å²) in [6.07, 6.45) is 5.09. The maximum absolute atomic E-state index is 12.9. The van der Waals surface area contributed by atoms with Gasteiger partial charge in [0.15, 0.2) is 5.78 Å². The molecule has 0 aromatic carbocycles. The molecule has 1 aliphatic heterocycles. The number of carbonyl (C=O) groups excluding carboxylic acids is 3. The first-order chi connectivity index (χ1) is 13.0. The molecule has 0 unspecified atom stereocenters. The molecule has 6 heteroatoms. The fourth-order valence-electron chi connectivity index (χ4n) is 4.14. The van der Waals surface area contributed by atoms with Crippen molar-refractivity contribution in [2.75, 3.05) is 6.54 Å². The van der Waals surface area contributed by atoms with Crippen LogP contribution in [0.2, 0.25) is 0 Å². The van der Waals surface area contributed by atoms with E-state index < -0.39 is 0 Å². The number of carbonyl (C=O) groups is 3. The number of ketones is 1. The molecule has 2 amide bonds. The van der Waals surface area contributed by atoms with Crippen molar-refractivity contribution < 1.29 is 14.4 Å². The van der Waals surface area contributed by atoms with Crippen molar-refractivity contribution in [3.63, 3.8) is 0 Å². The van der Waals surface area contributed by atoms with Gasteiger partial charge in [-0.25, -0.2) is 0 Å². The number of fused-ring (bicyclic) bond motifs is 1. The Balaban J connectivity index is 1.54. The van der Waals surface area contributed by atoms with Crippen LogP contribution in [0.5, 0.6) is 0 Å². The number of hydrogen-bond acceptors (Lipinski definition) is 4. The molecule has 2 atom stereocenters. The van der Waals surface area contributed by atoms with E-state index >= 15 is 0 Å². The maximum Gasteiger partial charge on any atom is 0.233 e. The molecule has 1 aliphatic carbocycles. The summed E-state index contributed by atoms with van der Waals surface area (Å²) in [5, 5.41) is 2.04. The van der Waals surface area contributed by atoms with Gasteiger partial charge in [-0.1, -0.05) is 18.2 Å². The smallest absolute Gasteiger partial charge is 0.233 e. The quantitative estimate of drug-likeness (QED) is 0.453. The first-order valence-electron chi connectivity index (χ1n) is 9.20. The van der Waals surface area contributed by atoms with Crippen LogP contribution < -0.4 is 0 Å². The van der Waals surface area contributed by atoms with Crippen LogP contribution in [0.1, 0.15) is 39.5 Å². The second-order valence-electron chi connectivity index (χ2n) is 7.29. The Labute approximate surface area is 162 Å². The largest absolute Gasteiger partial charge is 0.343 e. The van der Waals surface area contributed by atoms with Gasteiger partial charge in [0, 0.05) is 21.8 Å². The Bertz CT molecular complexity index is 913. The number of rotatable bonds is 5. The zero-order valence-corrected chi connectivity index (χ0v) is 16.3. The monoisotopic (exact) mass is 382 g/mol. The van der Waals surface area contributed by atoms with Crippen molar-refractivity contribution in [2.24, 2.45) is 11.8 Å². The van der Waals surface area contributed by atoms with Gasteiger partial charge >= 0.3 is 0 Å². The number of thiophene rings is 1. The van der Waals surface area contributed by atoms with Gasteiger partial charge in [0.2, 0.25) is 11.8 Å². The van der Waals surface area contributed by atoms with Crippen molar-refractivity contribution in [3.8, 4) is 0 Å². The van der Waals surface area contributed by atoms with Crippen LogP contribution in [0.3, 0.4) is 0 Å². The first-order valence-corrected chi connectivity index (χ1v) is 10.1. The predicted molar refractivity (Wildman–Crippen MR) is 104 cm³/mol. The molecule has 0 spiro atoms. The number of amides is 2. The number of Topliss-reactive ketones (excluding diaryl/α,β-unsaturated/α-hetero) is 1. The van der Waals surface area contributed by atoms with Gasteiger partial charge in [-0.2, -0.15) is 0 Å². The lowest BCUT2D eigenvalue weighted by atomic mass is 9.85. The Kier molecular flexibility index (Phi) is 4.60. The topological polar surface area (TPSA) is 59.4 Å². The average Bonchev–Trinajstić information content (AvgIpc) is 3.34. The fraction of sp³-hybridized carbons (Fsp3) is 0.381. The minimum Gasteiger partial charge on any atom is -0.343 e. The summed E-state index contributed by atoms with van der Waals surface area (Å²) in [6.45, 7) is 4.46. The molecule has 0 saturated carbocycles. The van der Waals surface area contributed by atoms with Crippen LogP contribution >= 0.6 is 11.3 Å². The Morgan fingerprint density at radius 3 is 2.41 bits per heavy atom. The van der Waals surface area contributed by atoms with E-state index in [0.717, 1.165) is 17.9 Å². The molecule has 1 saturated heterocycles. The highest BCUT2D eigenvalue weighted by atomic mass is 32.1. The highest BCUT2D eigenvalue weighted by Crippen LogP contribution is 2.35. The molecule has 140 valence electrons. The third kappa shape index (κ3) is 3.08. The van der Waals surface area contributed by atoms with Gasteiger partial charge in [0.1, 0.15) is 0 Å². The molecule has 0 bridgehead atoms. The Morgan fingerprint density at radius 2 is 1.81 bits per heavy atom. The Hall–Kier alpha value is -2.47. The van der Waals surface area contributed by atoms with Gasteiger partial charge in [-0.3, -0.25) is 19.3 Å². The molecule has 27 heavy (non-hydrogen) atoms. The number of aromatic nitrogens is 1. The molecule has 0 N–H and O–H groups in total. The second-order valence-corrected chi connectivity index (χ2v) is 8.32. The summed E-state index contributed by atoms with van der Waals surface area (Å²) in [6, 6.07) is 5.95. The minimum atomic E-state index is -0.290. The van der Waals surface area contributed by atoms with Gasteiger partial charge in [-0.05, 0) is 44.2 Å². The third-order valence-corrected chi connectivity index (χ3v) is 6.53. The van der Waals surface area contributed by atoms with Crippen molar-refractivity contribution in [1.82, 2.24) is 9.47 Å². The summed E-state index contributed by atoms with van der Waals surface area (Å²) < 4.78 is 2.11. The van der Waals surface area contributed by atoms with E-state index in [1.54, 1.807) is 11.3 Å². The molecule has 0 radical (unpaired) electrons. The van der Waals surface area contributed by atoms with Crippen LogP contribution in [-0.4, -0.2) is 33.6 Å². The van der Waals surface area contributed by atoms with E-state index in [1.807, 2.05) is 43.5 Å². The maximum atomic E-state index is 12.9. The molecule has 2 aliphatic rings. The summed E-state index contributed by atoms with van der Waals surface area (Å²) in [5.41, 5.74) is 2.47. The van der Waals surface area contributed by atoms with Gasteiger partial charge < -0.3 is 4.57 Å². The van der Waals surface area contributed by atoms with E-state index in [2.05, 4.69) is 10.6 Å². The lowest BCUT2D eigenvalue weighted by Crippen LogP contribution is -2.36. The van der Waals surface area contributed by atoms with Crippen LogP contribution in [0.25, 0.3) is 0 Å². The van der Waals surface area contributed by atoms with Crippen LogP contribution in [0.4, 0.5) is 0 Å². The number of nitrogens with zero attached hydrogens (tertiary/aromatic N) is 2. The SMILES string of the molecule is Cc1cc(C(=O)CN2C(=O)[C@H]3CC=CC[C@H]3C2=O)c(C)n1Cc1cccs1. The highest BCUT2D eigenvalue weighted by molar-refractivity contribution is 7.09. The number of aryl methyl sites for hydroxylation is 1. The van der Waals surface area contributed by atoms with Crippen LogP contribution in [0.15, 0.2) is 35.7 Å². The van der Waals surface area contributed by atoms with Crippen molar-refractivity contribution in [1.29, 1.82) is 0 Å². The standard InChI is InChI=1S/C21H22N2O3S/c1-13-10-18(14(2)22(13)11-15-6-5-9-27-15)19(24)12-23-20(25)16-7-3-4-8-17(16)21(23)26/h3-6,9-10,16-17H,7-8,11-12H2,1-2H3/t16-,17+. The lowest BCUT2D eigenvalue weighted by molar-refractivity contribution is -0.139. The number of hydrogen-bond donors (Lipinski definition) is 0. The number of imide groups is 1. The van der Waals surface area contributed by atoms with Crippen molar-refractivity contribution >= 4 is 28.9 Å². The van der Waals surface area contributed by atoms with Gasteiger partial charge in [0.05, 0.1) is 24.9 Å². The van der Waals surface area contributed by atoms with E-state index in [4.69, 9.17) is 0 Å². The summed E-state index contributed by atoms with van der Waals surface area (Å²) in [5.74, 6) is -1.15. The van der Waals surface area contributed by atoms with Crippen LogP contribution in [-0.2, 0) is 16.1 Å². The van der Waals surface area contributed by atoms with E-state index in [-0.39, 0.29) is 36.0 Å². The zero-order chi connectivity index (χ0) is 19.1. The summed E-state index contributed by atoms with van der Waals surface area (Å²) in [4.78, 5) is 40.5. The van der Waals surface area contributed by atoms with E-state index in [0.29, 0.717) is 18.4 Å². The highest BCUT2D eigenvalue weighted by Gasteiger charge is 2.47. The first kappa shape index (κ1) is 17.9. The lowest BCUT2D eigenvalue weighted by Gasteiger charge is -2.14. The van der Waals surface area contributed by atoms with Crippen LogP contribution in [0, 0.1) is 25.7 Å².